The van der Waals surface area contributed by atoms with Gasteiger partial charge in [0, 0.05) is 12.0 Å². The minimum absolute atomic E-state index is 0.0129. The van der Waals surface area contributed by atoms with E-state index in [1.165, 1.54) is 0 Å². The molecule has 1 aromatic carbocycles. The number of hydrogen-bond acceptors (Lipinski definition) is 4. The molecule has 1 aliphatic rings. The van der Waals surface area contributed by atoms with Gasteiger partial charge in [0.1, 0.15) is 11.5 Å². The van der Waals surface area contributed by atoms with Crippen LogP contribution in [0.3, 0.4) is 0 Å². The molecule has 126 valence electrons. The van der Waals surface area contributed by atoms with Crippen molar-refractivity contribution in [3.63, 3.8) is 0 Å². The van der Waals surface area contributed by atoms with Gasteiger partial charge >= 0.3 is 5.97 Å². The highest BCUT2D eigenvalue weighted by atomic mass is 16.5. The Balaban J connectivity index is 2.08. The van der Waals surface area contributed by atoms with Crippen molar-refractivity contribution in [3.05, 3.63) is 23.8 Å². The third-order valence-electron chi connectivity index (χ3n) is 4.54. The summed E-state index contributed by atoms with van der Waals surface area (Å²) >= 11 is 0. The molecule has 23 heavy (non-hydrogen) atoms. The lowest BCUT2D eigenvalue weighted by atomic mass is 9.66. The molecule has 0 radical (unpaired) electrons. The summed E-state index contributed by atoms with van der Waals surface area (Å²) in [7, 11) is 3.13. The van der Waals surface area contributed by atoms with Crippen LogP contribution >= 0.6 is 0 Å². The Bertz CT molecular complexity index is 595. The summed E-state index contributed by atoms with van der Waals surface area (Å²) < 4.78 is 10.5. The fourth-order valence-electron chi connectivity index (χ4n) is 2.93. The number of carboxylic acid groups (broad SMARTS) is 1. The SMILES string of the molecule is COc1ccc(OC)c(C(C)NC(=O)CC2(C(=O)O)CCC2)c1. The molecular formula is C17H23NO5. The van der Waals surface area contributed by atoms with Gasteiger partial charge in [0.25, 0.3) is 0 Å². The standard InChI is InChI=1S/C17H23NO5/c1-11(13-9-12(22-2)5-6-14(13)23-3)18-15(19)10-17(16(20)21)7-4-8-17/h5-6,9,11H,4,7-8,10H2,1-3H3,(H,18,19)(H,20,21). The van der Waals surface area contributed by atoms with Crippen LogP contribution in [0.2, 0.25) is 0 Å². The first-order valence-corrected chi connectivity index (χ1v) is 7.66. The van der Waals surface area contributed by atoms with Crippen LogP contribution < -0.4 is 14.8 Å². The molecule has 0 saturated heterocycles. The Morgan fingerprint density at radius 2 is 2.00 bits per heavy atom. The summed E-state index contributed by atoms with van der Waals surface area (Å²) in [6, 6.07) is 5.06. The van der Waals surface area contributed by atoms with Gasteiger partial charge in [-0.15, -0.1) is 0 Å². The summed E-state index contributed by atoms with van der Waals surface area (Å²) in [5, 5.41) is 12.2. The molecule has 0 aliphatic heterocycles. The Morgan fingerprint density at radius 1 is 1.30 bits per heavy atom. The first kappa shape index (κ1) is 17.1. The summed E-state index contributed by atoms with van der Waals surface area (Å²) in [5.41, 5.74) is -0.0967. The van der Waals surface area contributed by atoms with Crippen LogP contribution in [0.15, 0.2) is 18.2 Å². The summed E-state index contributed by atoms with van der Waals surface area (Å²) in [6.07, 6.45) is 2.00. The Morgan fingerprint density at radius 3 is 2.48 bits per heavy atom. The monoisotopic (exact) mass is 321 g/mol. The number of nitrogens with one attached hydrogen (secondary N) is 1. The second-order valence-electron chi connectivity index (χ2n) is 6.01. The molecule has 1 atom stereocenters. The molecule has 1 fully saturated rings. The molecule has 2 rings (SSSR count). The number of benzene rings is 1. The minimum atomic E-state index is -0.887. The number of carbonyl (C=O) groups is 2. The van der Waals surface area contributed by atoms with Crippen LogP contribution in [0.4, 0.5) is 0 Å². The maximum absolute atomic E-state index is 12.2. The van der Waals surface area contributed by atoms with Gasteiger partial charge in [-0.1, -0.05) is 6.42 Å². The lowest BCUT2D eigenvalue weighted by Crippen LogP contribution is -2.43. The minimum Gasteiger partial charge on any atom is -0.497 e. The van der Waals surface area contributed by atoms with E-state index in [9.17, 15) is 14.7 Å². The second-order valence-corrected chi connectivity index (χ2v) is 6.01. The highest BCUT2D eigenvalue weighted by molar-refractivity contribution is 5.85. The molecule has 6 nitrogen and oxygen atoms in total. The Hall–Kier alpha value is -2.24. The van der Waals surface area contributed by atoms with E-state index in [1.807, 2.05) is 6.92 Å². The molecule has 0 spiro atoms. The third-order valence-corrected chi connectivity index (χ3v) is 4.54. The van der Waals surface area contributed by atoms with E-state index in [1.54, 1.807) is 32.4 Å². The zero-order valence-electron chi connectivity index (χ0n) is 13.7. The summed E-state index contributed by atoms with van der Waals surface area (Å²) in [4.78, 5) is 23.6. The second kappa shape index (κ2) is 6.89. The average molecular weight is 321 g/mol. The fraction of sp³-hybridized carbons (Fsp3) is 0.529. The molecule has 0 aromatic heterocycles. The maximum atomic E-state index is 12.2. The lowest BCUT2D eigenvalue weighted by molar-refractivity contribution is -0.157. The van der Waals surface area contributed by atoms with Gasteiger partial charge in [-0.2, -0.15) is 0 Å². The van der Waals surface area contributed by atoms with E-state index in [0.717, 1.165) is 12.0 Å². The zero-order valence-corrected chi connectivity index (χ0v) is 13.7. The molecular weight excluding hydrogens is 298 g/mol. The molecule has 1 saturated carbocycles. The van der Waals surface area contributed by atoms with Gasteiger partial charge in [-0.3, -0.25) is 9.59 Å². The first-order valence-electron chi connectivity index (χ1n) is 7.66. The molecule has 0 bridgehead atoms. The van der Waals surface area contributed by atoms with E-state index < -0.39 is 11.4 Å². The van der Waals surface area contributed by atoms with Crippen LogP contribution in [0.25, 0.3) is 0 Å². The average Bonchev–Trinajstić information content (AvgIpc) is 2.49. The topological polar surface area (TPSA) is 84.9 Å². The van der Waals surface area contributed by atoms with Crippen molar-refractivity contribution >= 4 is 11.9 Å². The van der Waals surface area contributed by atoms with Gasteiger partial charge in [0.15, 0.2) is 0 Å². The van der Waals surface area contributed by atoms with Crippen molar-refractivity contribution in [2.45, 2.75) is 38.6 Å². The van der Waals surface area contributed by atoms with Crippen molar-refractivity contribution in [2.75, 3.05) is 14.2 Å². The number of carbonyl (C=O) groups excluding carboxylic acids is 1. The summed E-state index contributed by atoms with van der Waals surface area (Å²) in [6.45, 7) is 1.84. The summed E-state index contributed by atoms with van der Waals surface area (Å²) in [5.74, 6) is 0.174. The maximum Gasteiger partial charge on any atom is 0.310 e. The van der Waals surface area contributed by atoms with Crippen LogP contribution in [0.5, 0.6) is 11.5 Å². The van der Waals surface area contributed by atoms with Crippen LogP contribution in [-0.4, -0.2) is 31.2 Å². The number of aliphatic carboxylic acids is 1. The predicted molar refractivity (Wildman–Crippen MR) is 84.6 cm³/mol. The molecule has 1 amide bonds. The van der Waals surface area contributed by atoms with E-state index in [2.05, 4.69) is 5.32 Å². The number of amides is 1. The number of hydrogen-bond donors (Lipinski definition) is 2. The zero-order chi connectivity index (χ0) is 17.0. The molecule has 1 aliphatic carbocycles. The first-order chi connectivity index (χ1) is 10.9. The van der Waals surface area contributed by atoms with Gasteiger partial charge in [0.2, 0.25) is 5.91 Å². The van der Waals surface area contributed by atoms with E-state index in [-0.39, 0.29) is 18.4 Å². The molecule has 2 N–H and O–H groups in total. The number of carboxylic acids is 1. The fourth-order valence-corrected chi connectivity index (χ4v) is 2.93. The van der Waals surface area contributed by atoms with Gasteiger partial charge in [0.05, 0.1) is 25.7 Å². The normalized spacial score (nSPS) is 16.8. The molecule has 1 aromatic rings. The van der Waals surface area contributed by atoms with Gasteiger partial charge < -0.3 is 19.9 Å². The third kappa shape index (κ3) is 3.57. The molecule has 1 unspecified atom stereocenters. The van der Waals surface area contributed by atoms with Gasteiger partial charge in [-0.05, 0) is 38.0 Å². The Kier molecular flexibility index (Phi) is 5.13. The van der Waals surface area contributed by atoms with Crippen LogP contribution in [0.1, 0.15) is 44.2 Å². The number of rotatable bonds is 7. The van der Waals surface area contributed by atoms with Crippen LogP contribution in [-0.2, 0) is 9.59 Å². The quantitative estimate of drug-likeness (QED) is 0.806. The Labute approximate surface area is 135 Å². The number of methoxy groups -OCH3 is 2. The highest BCUT2D eigenvalue weighted by Gasteiger charge is 2.46. The van der Waals surface area contributed by atoms with Crippen LogP contribution in [0, 0.1) is 5.41 Å². The molecule has 6 heteroatoms. The van der Waals surface area contributed by atoms with Crippen molar-refractivity contribution in [2.24, 2.45) is 5.41 Å². The lowest BCUT2D eigenvalue weighted by Gasteiger charge is -2.37. The highest BCUT2D eigenvalue weighted by Crippen LogP contribution is 2.44. The van der Waals surface area contributed by atoms with Gasteiger partial charge in [-0.25, -0.2) is 0 Å². The smallest absolute Gasteiger partial charge is 0.310 e. The van der Waals surface area contributed by atoms with E-state index >= 15 is 0 Å². The van der Waals surface area contributed by atoms with Crippen molar-refractivity contribution < 1.29 is 24.2 Å². The van der Waals surface area contributed by atoms with Crippen molar-refractivity contribution in [1.29, 1.82) is 0 Å². The van der Waals surface area contributed by atoms with E-state index in [0.29, 0.717) is 24.3 Å². The van der Waals surface area contributed by atoms with Crippen molar-refractivity contribution in [1.82, 2.24) is 5.32 Å². The molecule has 0 heterocycles. The van der Waals surface area contributed by atoms with E-state index in [4.69, 9.17) is 9.47 Å². The largest absolute Gasteiger partial charge is 0.497 e. The predicted octanol–water partition coefficient (Wildman–Crippen LogP) is 2.53. The van der Waals surface area contributed by atoms with Crippen molar-refractivity contribution in [3.8, 4) is 11.5 Å². The number of ether oxygens (including phenoxy) is 2.